The summed E-state index contributed by atoms with van der Waals surface area (Å²) in [5, 5.41) is 9.29. The van der Waals surface area contributed by atoms with Crippen molar-refractivity contribution in [1.29, 1.82) is 0 Å². The van der Waals surface area contributed by atoms with Gasteiger partial charge in [0.15, 0.2) is 5.69 Å². The second-order valence-electron chi connectivity index (χ2n) is 9.99. The van der Waals surface area contributed by atoms with Gasteiger partial charge >= 0.3 is 12.2 Å². The van der Waals surface area contributed by atoms with E-state index in [0.717, 1.165) is 23.1 Å². The number of fused-ring (bicyclic) bond motifs is 1. The van der Waals surface area contributed by atoms with Crippen molar-refractivity contribution in [3.05, 3.63) is 63.5 Å². The van der Waals surface area contributed by atoms with Gasteiger partial charge < -0.3 is 20.1 Å². The summed E-state index contributed by atoms with van der Waals surface area (Å²) in [6.07, 6.45) is -0.921. The Labute approximate surface area is 250 Å². The van der Waals surface area contributed by atoms with E-state index in [1.54, 1.807) is 25.1 Å². The molecule has 0 aliphatic carbocycles. The largest absolute Gasteiger partial charge is 0.434 e. The Morgan fingerprint density at radius 1 is 1.09 bits per heavy atom. The second kappa shape index (κ2) is 13.3. The van der Waals surface area contributed by atoms with Crippen LogP contribution in [-0.2, 0) is 12.7 Å². The van der Waals surface area contributed by atoms with Crippen molar-refractivity contribution >= 4 is 40.0 Å². The molecule has 4 aromatic rings. The van der Waals surface area contributed by atoms with Gasteiger partial charge in [0.1, 0.15) is 16.4 Å². The van der Waals surface area contributed by atoms with Gasteiger partial charge in [0.05, 0.1) is 5.52 Å². The minimum atomic E-state index is -4.63. The zero-order valence-corrected chi connectivity index (χ0v) is 24.9. The number of aromatic nitrogens is 3. The van der Waals surface area contributed by atoms with Crippen LogP contribution in [0.2, 0.25) is 0 Å². The maximum absolute atomic E-state index is 13.4. The van der Waals surface area contributed by atoms with Crippen LogP contribution in [0.4, 0.5) is 23.8 Å². The van der Waals surface area contributed by atoms with Gasteiger partial charge in [0.25, 0.3) is 5.91 Å². The average molecular weight is 616 g/mol. The standard InChI is InChI=1S/C29H32F3N7O3S/c1-5-10-39-15-21(26(41)34-9-11-38(3)4)25(40)18-8-7-17(12-22(18)39)20-14-35-24(37-28(42)33-6-2)13-19(20)27-36-23(16-43-27)29(30,31)32/h7-8,12-16H,5-6,9-11H2,1-4H3,(H,34,41)(H2,33,35,37,42). The van der Waals surface area contributed by atoms with Crippen molar-refractivity contribution in [3.8, 4) is 21.7 Å². The fraction of sp³-hybridized carbons (Fsp3) is 0.345. The van der Waals surface area contributed by atoms with Crippen molar-refractivity contribution in [3.63, 3.8) is 0 Å². The first-order chi connectivity index (χ1) is 20.4. The molecule has 0 unspecified atom stereocenters. The van der Waals surface area contributed by atoms with Gasteiger partial charge in [-0.15, -0.1) is 11.3 Å². The van der Waals surface area contributed by atoms with E-state index in [9.17, 15) is 27.6 Å². The molecule has 0 saturated heterocycles. The summed E-state index contributed by atoms with van der Waals surface area (Å²) >= 11 is 0.817. The quantitative estimate of drug-likeness (QED) is 0.230. The molecule has 0 aliphatic rings. The number of hydrogen-bond donors (Lipinski definition) is 3. The summed E-state index contributed by atoms with van der Waals surface area (Å²) in [6, 6.07) is 5.95. The number of anilines is 1. The number of pyridine rings is 2. The molecule has 1 aromatic carbocycles. The fourth-order valence-corrected chi connectivity index (χ4v) is 5.27. The molecule has 3 heterocycles. The smallest absolute Gasteiger partial charge is 0.351 e. The Kier molecular flexibility index (Phi) is 9.81. The molecule has 3 aromatic heterocycles. The number of alkyl halides is 3. The first-order valence-corrected chi connectivity index (χ1v) is 14.5. The molecule has 4 rings (SSSR count). The lowest BCUT2D eigenvalue weighted by Crippen LogP contribution is -2.34. The molecule has 3 N–H and O–H groups in total. The molecule has 0 spiro atoms. The lowest BCUT2D eigenvalue weighted by molar-refractivity contribution is -0.140. The summed E-state index contributed by atoms with van der Waals surface area (Å²) < 4.78 is 42.0. The number of amides is 3. The van der Waals surface area contributed by atoms with E-state index in [1.807, 2.05) is 30.5 Å². The minimum Gasteiger partial charge on any atom is -0.351 e. The maximum atomic E-state index is 13.4. The van der Waals surface area contributed by atoms with Crippen molar-refractivity contribution in [1.82, 2.24) is 30.1 Å². The number of carbonyl (C=O) groups is 2. The van der Waals surface area contributed by atoms with Crippen molar-refractivity contribution < 1.29 is 22.8 Å². The number of urea groups is 1. The SMILES string of the molecule is CCCn1cc(C(=O)NCCN(C)C)c(=O)c2ccc(-c3cnc(NC(=O)NCC)cc3-c3nc(C(F)(F)F)cs3)cc21. The van der Waals surface area contributed by atoms with Crippen LogP contribution in [0.1, 0.15) is 36.3 Å². The highest BCUT2D eigenvalue weighted by Crippen LogP contribution is 2.39. The van der Waals surface area contributed by atoms with Gasteiger partial charge in [0, 0.05) is 60.5 Å². The number of nitrogens with zero attached hydrogens (tertiary/aromatic N) is 4. The Morgan fingerprint density at radius 2 is 1.86 bits per heavy atom. The number of halogens is 3. The number of carbonyl (C=O) groups excluding carboxylic acids is 2. The summed E-state index contributed by atoms with van der Waals surface area (Å²) in [7, 11) is 3.76. The molecule has 0 saturated carbocycles. The highest BCUT2D eigenvalue weighted by Gasteiger charge is 2.34. The Hall–Kier alpha value is -4.30. The Morgan fingerprint density at radius 3 is 2.51 bits per heavy atom. The van der Waals surface area contributed by atoms with Crippen LogP contribution in [0, 0.1) is 0 Å². The van der Waals surface area contributed by atoms with Crippen LogP contribution in [0.15, 0.2) is 46.8 Å². The molecule has 0 radical (unpaired) electrons. The number of nitrogens with one attached hydrogen (secondary N) is 3. The zero-order valence-electron chi connectivity index (χ0n) is 24.1. The molecule has 228 valence electrons. The highest BCUT2D eigenvalue weighted by atomic mass is 32.1. The van der Waals surface area contributed by atoms with Gasteiger partial charge in [-0.1, -0.05) is 13.0 Å². The third-order valence-electron chi connectivity index (χ3n) is 6.45. The Bertz CT molecular complexity index is 1700. The topological polar surface area (TPSA) is 121 Å². The Balaban J connectivity index is 1.84. The van der Waals surface area contributed by atoms with Crippen LogP contribution < -0.4 is 21.4 Å². The third-order valence-corrected chi connectivity index (χ3v) is 7.33. The van der Waals surface area contributed by atoms with Crippen molar-refractivity contribution in [2.45, 2.75) is 33.0 Å². The second-order valence-corrected chi connectivity index (χ2v) is 10.8. The minimum absolute atomic E-state index is 0.0260. The number of thiazole rings is 1. The van der Waals surface area contributed by atoms with Crippen LogP contribution in [0.3, 0.4) is 0 Å². The number of likely N-dealkylation sites (N-methyl/N-ethyl adjacent to an activating group) is 1. The van der Waals surface area contributed by atoms with Crippen molar-refractivity contribution in [2.75, 3.05) is 39.0 Å². The molecule has 14 heteroatoms. The van der Waals surface area contributed by atoms with E-state index < -0.39 is 29.2 Å². The molecule has 0 atom stereocenters. The molecular weight excluding hydrogens is 583 g/mol. The van der Waals surface area contributed by atoms with Crippen LogP contribution in [0.25, 0.3) is 32.6 Å². The van der Waals surface area contributed by atoms with Gasteiger partial charge in [-0.3, -0.25) is 14.9 Å². The first kappa shape index (κ1) is 31.6. The molecule has 0 bridgehead atoms. The molecular formula is C29H32F3N7O3S. The molecule has 10 nitrogen and oxygen atoms in total. The van der Waals surface area contributed by atoms with Crippen LogP contribution >= 0.6 is 11.3 Å². The average Bonchev–Trinajstić information content (AvgIpc) is 3.45. The number of benzene rings is 1. The van der Waals surface area contributed by atoms with Crippen molar-refractivity contribution in [2.24, 2.45) is 0 Å². The molecule has 0 aliphatic heterocycles. The van der Waals surface area contributed by atoms with E-state index in [-0.39, 0.29) is 16.4 Å². The van der Waals surface area contributed by atoms with Gasteiger partial charge in [-0.2, -0.15) is 13.2 Å². The summed E-state index contributed by atoms with van der Waals surface area (Å²) in [5.41, 5.74) is 0.468. The zero-order chi connectivity index (χ0) is 31.3. The lowest BCUT2D eigenvalue weighted by Gasteiger charge is -2.16. The third kappa shape index (κ3) is 7.38. The number of rotatable bonds is 10. The summed E-state index contributed by atoms with van der Waals surface area (Å²) in [5.74, 6) is -0.337. The van der Waals surface area contributed by atoms with E-state index in [2.05, 4.69) is 25.9 Å². The molecule has 43 heavy (non-hydrogen) atoms. The number of hydrogen-bond acceptors (Lipinski definition) is 7. The van der Waals surface area contributed by atoms with E-state index in [4.69, 9.17) is 0 Å². The highest BCUT2D eigenvalue weighted by molar-refractivity contribution is 7.13. The van der Waals surface area contributed by atoms with Crippen LogP contribution in [-0.4, -0.2) is 65.1 Å². The van der Waals surface area contributed by atoms with E-state index in [0.29, 0.717) is 53.8 Å². The predicted molar refractivity (Wildman–Crippen MR) is 161 cm³/mol. The summed E-state index contributed by atoms with van der Waals surface area (Å²) in [4.78, 5) is 48.4. The summed E-state index contributed by atoms with van der Waals surface area (Å²) in [6.45, 7) is 5.59. The van der Waals surface area contributed by atoms with E-state index >= 15 is 0 Å². The fourth-order valence-electron chi connectivity index (χ4n) is 4.41. The van der Waals surface area contributed by atoms with Gasteiger partial charge in [0.2, 0.25) is 5.43 Å². The molecule has 0 fully saturated rings. The normalized spacial score (nSPS) is 11.6. The van der Waals surface area contributed by atoms with E-state index in [1.165, 1.54) is 18.5 Å². The molecule has 3 amide bonds. The monoisotopic (exact) mass is 615 g/mol. The number of aryl methyl sites for hydroxylation is 1. The predicted octanol–water partition coefficient (Wildman–Crippen LogP) is 5.05. The maximum Gasteiger partial charge on any atom is 0.434 e. The first-order valence-electron chi connectivity index (χ1n) is 13.6. The van der Waals surface area contributed by atoms with Gasteiger partial charge in [-0.25, -0.2) is 14.8 Å². The van der Waals surface area contributed by atoms with Crippen LogP contribution in [0.5, 0.6) is 0 Å². The lowest BCUT2D eigenvalue weighted by atomic mass is 9.99. The van der Waals surface area contributed by atoms with Gasteiger partial charge in [-0.05, 0) is 51.2 Å².